The summed E-state index contributed by atoms with van der Waals surface area (Å²) >= 11 is 0. The first kappa shape index (κ1) is 22.9. The lowest BCUT2D eigenvalue weighted by Crippen LogP contribution is -2.41. The number of nitrogens with one attached hydrogen (secondary N) is 1. The molecule has 1 unspecified atom stereocenters. The summed E-state index contributed by atoms with van der Waals surface area (Å²) in [4.78, 5) is 14.5. The number of amides is 1. The Morgan fingerprint density at radius 2 is 1.60 bits per heavy atom. The van der Waals surface area contributed by atoms with Crippen LogP contribution in [0.15, 0.2) is 71.6 Å². The number of anilines is 1. The van der Waals surface area contributed by atoms with E-state index in [1.54, 1.807) is 42.3 Å². The summed E-state index contributed by atoms with van der Waals surface area (Å²) in [5.74, 6) is 2.02. The molecule has 0 saturated carbocycles. The Morgan fingerprint density at radius 3 is 2.37 bits per heavy atom. The molecular formula is C25H24N2O7S. The zero-order chi connectivity index (χ0) is 24.4. The molecule has 0 bridgehead atoms. The summed E-state index contributed by atoms with van der Waals surface area (Å²) in [6, 6.07) is 18.1. The van der Waals surface area contributed by atoms with Crippen molar-refractivity contribution in [1.82, 2.24) is 4.90 Å². The SMILES string of the molecule is CN(CC1COc2ccccc2O1)C(=O)c1ccc(NS(=O)(=O)c2ccc3c(c2)OCCO3)cc1. The third-order valence-electron chi connectivity index (χ3n) is 5.60. The van der Waals surface area contributed by atoms with E-state index < -0.39 is 10.0 Å². The third-order valence-corrected chi connectivity index (χ3v) is 6.98. The van der Waals surface area contributed by atoms with Crippen molar-refractivity contribution >= 4 is 21.6 Å². The number of hydrogen-bond acceptors (Lipinski definition) is 7. The van der Waals surface area contributed by atoms with Crippen LogP contribution in [0.1, 0.15) is 10.4 Å². The molecule has 0 spiro atoms. The van der Waals surface area contributed by atoms with E-state index in [-0.39, 0.29) is 16.9 Å². The number of nitrogens with zero attached hydrogens (tertiary/aromatic N) is 1. The highest BCUT2D eigenvalue weighted by Gasteiger charge is 2.24. The van der Waals surface area contributed by atoms with Crippen LogP contribution in [0, 0.1) is 0 Å². The highest BCUT2D eigenvalue weighted by Crippen LogP contribution is 2.33. The molecule has 3 aromatic rings. The first-order chi connectivity index (χ1) is 16.9. The van der Waals surface area contributed by atoms with Crippen molar-refractivity contribution in [3.63, 3.8) is 0 Å². The third kappa shape index (κ3) is 4.97. The molecule has 3 aromatic carbocycles. The van der Waals surface area contributed by atoms with Crippen LogP contribution in [0.4, 0.5) is 5.69 Å². The fourth-order valence-electron chi connectivity index (χ4n) is 3.85. The summed E-state index contributed by atoms with van der Waals surface area (Å²) in [5, 5.41) is 0. The standard InChI is InChI=1S/C25H24N2O7S/c1-27(15-19-16-33-21-4-2-3-5-23(21)34-19)25(28)17-6-8-18(9-7-17)26-35(29,30)20-10-11-22-24(14-20)32-13-12-31-22/h2-11,14,19,26H,12-13,15-16H2,1H3. The topological polar surface area (TPSA) is 103 Å². The van der Waals surface area contributed by atoms with Crippen LogP contribution in [0.2, 0.25) is 0 Å². The number of benzene rings is 3. The Bertz CT molecular complexity index is 1340. The van der Waals surface area contributed by atoms with Crippen molar-refractivity contribution < 1.29 is 32.2 Å². The van der Waals surface area contributed by atoms with E-state index in [4.69, 9.17) is 18.9 Å². The molecule has 2 aliphatic rings. The molecule has 5 rings (SSSR count). The average molecular weight is 497 g/mol. The van der Waals surface area contributed by atoms with Gasteiger partial charge in [0.15, 0.2) is 29.1 Å². The van der Waals surface area contributed by atoms with Crippen LogP contribution >= 0.6 is 0 Å². The van der Waals surface area contributed by atoms with Crippen molar-refractivity contribution in [3.05, 3.63) is 72.3 Å². The lowest BCUT2D eigenvalue weighted by atomic mass is 10.2. The Morgan fingerprint density at radius 1 is 0.914 bits per heavy atom. The number of ether oxygens (including phenoxy) is 4. The monoisotopic (exact) mass is 496 g/mol. The lowest BCUT2D eigenvalue weighted by Gasteiger charge is -2.29. The fraction of sp³-hybridized carbons (Fsp3) is 0.240. The Kier molecular flexibility index (Phi) is 6.12. The summed E-state index contributed by atoms with van der Waals surface area (Å²) in [5.41, 5.74) is 0.756. The molecule has 182 valence electrons. The minimum Gasteiger partial charge on any atom is -0.486 e. The molecule has 0 fully saturated rings. The van der Waals surface area contributed by atoms with Crippen molar-refractivity contribution in [2.45, 2.75) is 11.0 Å². The predicted octanol–water partition coefficient (Wildman–Crippen LogP) is 3.17. The molecule has 10 heteroatoms. The van der Waals surface area contributed by atoms with Gasteiger partial charge in [-0.05, 0) is 48.5 Å². The smallest absolute Gasteiger partial charge is 0.262 e. The van der Waals surface area contributed by atoms with Gasteiger partial charge in [-0.1, -0.05) is 12.1 Å². The molecule has 2 heterocycles. The number of carbonyl (C=O) groups is 1. The van der Waals surface area contributed by atoms with Crippen LogP contribution in [-0.2, 0) is 10.0 Å². The fourth-order valence-corrected chi connectivity index (χ4v) is 4.92. The van der Waals surface area contributed by atoms with E-state index in [1.807, 2.05) is 24.3 Å². The maximum atomic E-state index is 12.9. The molecule has 1 amide bonds. The molecule has 35 heavy (non-hydrogen) atoms. The highest BCUT2D eigenvalue weighted by molar-refractivity contribution is 7.92. The van der Waals surface area contributed by atoms with Gasteiger partial charge in [0.1, 0.15) is 19.8 Å². The van der Waals surface area contributed by atoms with Gasteiger partial charge in [0, 0.05) is 24.4 Å². The molecular weight excluding hydrogens is 472 g/mol. The van der Waals surface area contributed by atoms with Crippen molar-refractivity contribution in [2.24, 2.45) is 0 Å². The second-order valence-corrected chi connectivity index (χ2v) is 9.85. The zero-order valence-corrected chi connectivity index (χ0v) is 19.8. The van der Waals surface area contributed by atoms with E-state index >= 15 is 0 Å². The Balaban J connectivity index is 1.22. The maximum absolute atomic E-state index is 12.9. The molecule has 1 N–H and O–H groups in total. The van der Waals surface area contributed by atoms with Gasteiger partial charge in [-0.3, -0.25) is 9.52 Å². The average Bonchev–Trinajstić information content (AvgIpc) is 2.88. The molecule has 2 aliphatic heterocycles. The second kappa shape index (κ2) is 9.38. The van der Waals surface area contributed by atoms with Gasteiger partial charge in [0.25, 0.3) is 15.9 Å². The molecule has 0 saturated heterocycles. The van der Waals surface area contributed by atoms with Crippen molar-refractivity contribution in [3.8, 4) is 23.0 Å². The van der Waals surface area contributed by atoms with Gasteiger partial charge >= 0.3 is 0 Å². The Labute approximate surface area is 203 Å². The lowest BCUT2D eigenvalue weighted by molar-refractivity contribution is 0.0521. The normalized spacial score (nSPS) is 16.3. The van der Waals surface area contributed by atoms with E-state index in [9.17, 15) is 13.2 Å². The summed E-state index contributed by atoms with van der Waals surface area (Å²) < 4.78 is 50.7. The molecule has 0 aliphatic carbocycles. The van der Waals surface area contributed by atoms with Gasteiger partial charge in [0.05, 0.1) is 11.4 Å². The maximum Gasteiger partial charge on any atom is 0.262 e. The van der Waals surface area contributed by atoms with Crippen LogP contribution in [0.25, 0.3) is 0 Å². The van der Waals surface area contributed by atoms with Crippen LogP contribution in [0.5, 0.6) is 23.0 Å². The highest BCUT2D eigenvalue weighted by atomic mass is 32.2. The predicted molar refractivity (Wildman–Crippen MR) is 128 cm³/mol. The quantitative estimate of drug-likeness (QED) is 0.559. The number of carbonyl (C=O) groups excluding carboxylic acids is 1. The van der Waals surface area contributed by atoms with Gasteiger partial charge in [-0.25, -0.2) is 8.42 Å². The van der Waals surface area contributed by atoms with E-state index in [0.29, 0.717) is 60.6 Å². The van der Waals surface area contributed by atoms with Gasteiger partial charge in [-0.15, -0.1) is 0 Å². The van der Waals surface area contributed by atoms with E-state index in [2.05, 4.69) is 4.72 Å². The first-order valence-electron chi connectivity index (χ1n) is 11.1. The number of rotatable bonds is 6. The zero-order valence-electron chi connectivity index (χ0n) is 19.0. The summed E-state index contributed by atoms with van der Waals surface area (Å²) in [6.07, 6.45) is -0.295. The summed E-state index contributed by atoms with van der Waals surface area (Å²) in [6.45, 7) is 1.47. The number of likely N-dealkylation sites (N-methyl/N-ethyl adjacent to an activating group) is 1. The first-order valence-corrected chi connectivity index (χ1v) is 12.5. The van der Waals surface area contributed by atoms with Crippen molar-refractivity contribution in [1.29, 1.82) is 0 Å². The molecule has 0 aromatic heterocycles. The van der Waals surface area contributed by atoms with E-state index in [0.717, 1.165) is 0 Å². The van der Waals surface area contributed by atoms with Gasteiger partial charge in [0.2, 0.25) is 0 Å². The number of hydrogen-bond donors (Lipinski definition) is 1. The minimum absolute atomic E-state index is 0.0536. The number of fused-ring (bicyclic) bond motifs is 2. The second-order valence-electron chi connectivity index (χ2n) is 8.17. The number of sulfonamides is 1. The van der Waals surface area contributed by atoms with Crippen LogP contribution in [-0.4, -0.2) is 58.7 Å². The minimum atomic E-state index is -3.85. The van der Waals surface area contributed by atoms with E-state index in [1.165, 1.54) is 12.1 Å². The molecule has 1 atom stereocenters. The Hall–Kier alpha value is -3.92. The van der Waals surface area contributed by atoms with Crippen LogP contribution in [0.3, 0.4) is 0 Å². The van der Waals surface area contributed by atoms with Crippen molar-refractivity contribution in [2.75, 3.05) is 38.1 Å². The molecule has 0 radical (unpaired) electrons. The summed E-state index contributed by atoms with van der Waals surface area (Å²) in [7, 11) is -2.17. The van der Waals surface area contributed by atoms with Gasteiger partial charge < -0.3 is 23.8 Å². The largest absolute Gasteiger partial charge is 0.486 e. The van der Waals surface area contributed by atoms with Crippen LogP contribution < -0.4 is 23.7 Å². The number of para-hydroxylation sites is 2. The molecule has 9 nitrogen and oxygen atoms in total. The van der Waals surface area contributed by atoms with Gasteiger partial charge in [-0.2, -0.15) is 0 Å².